The summed E-state index contributed by atoms with van der Waals surface area (Å²) in [6.45, 7) is 4.05. The second-order valence-electron chi connectivity index (χ2n) is 8.41. The molecule has 1 aromatic carbocycles. The number of anilines is 1. The first-order chi connectivity index (χ1) is 14.3. The van der Waals surface area contributed by atoms with Crippen molar-refractivity contribution in [2.24, 2.45) is 4.99 Å². The van der Waals surface area contributed by atoms with Crippen LogP contribution in [-0.4, -0.2) is 62.6 Å². The summed E-state index contributed by atoms with van der Waals surface area (Å²) >= 11 is 0. The van der Waals surface area contributed by atoms with Gasteiger partial charge in [0.1, 0.15) is 19.4 Å². The van der Waals surface area contributed by atoms with E-state index in [1.807, 2.05) is 0 Å². The molecule has 4 aliphatic rings. The van der Waals surface area contributed by atoms with E-state index in [2.05, 4.69) is 39.5 Å². The number of rotatable bonds is 4. The van der Waals surface area contributed by atoms with Crippen LogP contribution < -0.4 is 5.32 Å². The number of aliphatic imine (C=N–C) groups is 1. The zero-order valence-corrected chi connectivity index (χ0v) is 17.1. The SMILES string of the molecule is C1=C2c3ccc(NC4CCCCC4)cc3CCN2CN=C1OC[C@@H]1COCCO1. The van der Waals surface area contributed by atoms with Crippen LogP contribution in [-0.2, 0) is 20.6 Å². The van der Waals surface area contributed by atoms with Crippen LogP contribution in [0.25, 0.3) is 5.70 Å². The van der Waals surface area contributed by atoms with Gasteiger partial charge in [-0.15, -0.1) is 0 Å². The molecule has 3 heterocycles. The maximum absolute atomic E-state index is 5.94. The van der Waals surface area contributed by atoms with Gasteiger partial charge in [-0.25, -0.2) is 4.99 Å². The predicted octanol–water partition coefficient (Wildman–Crippen LogP) is 3.43. The molecule has 0 aromatic heterocycles. The molecule has 2 fully saturated rings. The third kappa shape index (κ3) is 4.43. The van der Waals surface area contributed by atoms with Gasteiger partial charge in [-0.2, -0.15) is 0 Å². The molecule has 1 saturated carbocycles. The minimum atomic E-state index is -0.00468. The third-order valence-electron chi connectivity index (χ3n) is 6.31. The highest BCUT2D eigenvalue weighted by Crippen LogP contribution is 2.33. The number of benzene rings is 1. The standard InChI is InChI=1S/C23H31N3O3/c1-2-4-18(5-3-1)25-19-6-7-21-17(12-19)8-9-26-16-24-23(13-22(21)26)29-15-20-14-27-10-11-28-20/h6-7,12-13,18,20,25H,1-5,8-11,14-16H2/t20-/m0/s1. The van der Waals surface area contributed by atoms with Gasteiger partial charge in [0.25, 0.3) is 0 Å². The van der Waals surface area contributed by atoms with Crippen molar-refractivity contribution in [3.8, 4) is 0 Å². The largest absolute Gasteiger partial charge is 0.475 e. The van der Waals surface area contributed by atoms with E-state index in [0.29, 0.717) is 45.0 Å². The van der Waals surface area contributed by atoms with Gasteiger partial charge in [-0.3, -0.25) is 0 Å². The summed E-state index contributed by atoms with van der Waals surface area (Å²) in [6.07, 6.45) is 9.82. The molecule has 1 saturated heterocycles. The van der Waals surface area contributed by atoms with Crippen molar-refractivity contribution in [2.45, 2.75) is 50.7 Å². The van der Waals surface area contributed by atoms with E-state index in [0.717, 1.165) is 13.0 Å². The fraction of sp³-hybridized carbons (Fsp3) is 0.609. The first-order valence-electron chi connectivity index (χ1n) is 11.1. The van der Waals surface area contributed by atoms with E-state index in [-0.39, 0.29) is 6.10 Å². The van der Waals surface area contributed by atoms with Crippen molar-refractivity contribution in [3.05, 3.63) is 35.4 Å². The summed E-state index contributed by atoms with van der Waals surface area (Å²) in [5, 5.41) is 3.76. The Morgan fingerprint density at radius 1 is 1.17 bits per heavy atom. The molecule has 6 heteroatoms. The summed E-state index contributed by atoms with van der Waals surface area (Å²) in [6, 6.07) is 7.48. The predicted molar refractivity (Wildman–Crippen MR) is 114 cm³/mol. The Balaban J connectivity index is 1.27. The number of nitrogens with one attached hydrogen (secondary N) is 1. The van der Waals surface area contributed by atoms with Crippen LogP contribution >= 0.6 is 0 Å². The molecule has 1 aromatic rings. The first-order valence-corrected chi connectivity index (χ1v) is 11.1. The highest BCUT2D eigenvalue weighted by atomic mass is 16.6. The van der Waals surface area contributed by atoms with Gasteiger partial charge in [0.05, 0.1) is 25.5 Å². The van der Waals surface area contributed by atoms with Gasteiger partial charge < -0.3 is 24.4 Å². The molecule has 5 rings (SSSR count). The van der Waals surface area contributed by atoms with Crippen molar-refractivity contribution in [1.29, 1.82) is 0 Å². The average molecular weight is 398 g/mol. The van der Waals surface area contributed by atoms with Crippen molar-refractivity contribution in [1.82, 2.24) is 4.90 Å². The Bertz CT molecular complexity index is 780. The summed E-state index contributed by atoms with van der Waals surface area (Å²) in [5.41, 5.74) is 5.21. The van der Waals surface area contributed by atoms with Crippen molar-refractivity contribution >= 4 is 17.3 Å². The molecule has 156 valence electrons. The molecule has 3 aliphatic heterocycles. The Kier molecular flexibility index (Phi) is 5.72. The number of hydrogen-bond donors (Lipinski definition) is 1. The lowest BCUT2D eigenvalue weighted by Gasteiger charge is -2.35. The van der Waals surface area contributed by atoms with Gasteiger partial charge in [0.2, 0.25) is 5.90 Å². The quantitative estimate of drug-likeness (QED) is 0.844. The molecular formula is C23H31N3O3. The van der Waals surface area contributed by atoms with E-state index in [1.54, 1.807) is 0 Å². The van der Waals surface area contributed by atoms with Gasteiger partial charge in [0.15, 0.2) is 0 Å². The molecule has 0 radical (unpaired) electrons. The second kappa shape index (κ2) is 8.76. The second-order valence-corrected chi connectivity index (χ2v) is 8.41. The molecule has 0 unspecified atom stereocenters. The van der Waals surface area contributed by atoms with Crippen LogP contribution in [0.15, 0.2) is 29.3 Å². The lowest BCUT2D eigenvalue weighted by atomic mass is 9.93. The Morgan fingerprint density at radius 2 is 2.10 bits per heavy atom. The average Bonchev–Trinajstić information content (AvgIpc) is 2.79. The zero-order chi connectivity index (χ0) is 19.5. The maximum Gasteiger partial charge on any atom is 0.212 e. The van der Waals surface area contributed by atoms with Crippen LogP contribution in [0.4, 0.5) is 5.69 Å². The molecule has 1 aliphatic carbocycles. The van der Waals surface area contributed by atoms with Crippen LogP contribution in [0.1, 0.15) is 43.2 Å². The fourth-order valence-electron chi connectivity index (χ4n) is 4.70. The van der Waals surface area contributed by atoms with Crippen LogP contribution in [0.5, 0.6) is 0 Å². The highest BCUT2D eigenvalue weighted by molar-refractivity contribution is 5.96. The summed E-state index contributed by atoms with van der Waals surface area (Å²) in [7, 11) is 0. The molecule has 0 amide bonds. The van der Waals surface area contributed by atoms with Gasteiger partial charge >= 0.3 is 0 Å². The van der Waals surface area contributed by atoms with Gasteiger partial charge in [0, 0.05) is 29.9 Å². The summed E-state index contributed by atoms with van der Waals surface area (Å²) < 4.78 is 17.1. The molecule has 1 atom stereocenters. The lowest BCUT2D eigenvalue weighted by molar-refractivity contribution is -0.103. The van der Waals surface area contributed by atoms with Crippen LogP contribution in [0, 0.1) is 0 Å². The van der Waals surface area contributed by atoms with E-state index < -0.39 is 0 Å². The van der Waals surface area contributed by atoms with Crippen molar-refractivity contribution < 1.29 is 14.2 Å². The Labute approximate surface area is 172 Å². The Hall–Kier alpha value is -2.05. The highest BCUT2D eigenvalue weighted by Gasteiger charge is 2.25. The minimum absolute atomic E-state index is 0.00468. The van der Waals surface area contributed by atoms with Crippen molar-refractivity contribution in [2.75, 3.05) is 45.0 Å². The van der Waals surface area contributed by atoms with E-state index >= 15 is 0 Å². The topological polar surface area (TPSA) is 55.3 Å². The van der Waals surface area contributed by atoms with Crippen LogP contribution in [0.3, 0.4) is 0 Å². The smallest absolute Gasteiger partial charge is 0.212 e. The molecule has 29 heavy (non-hydrogen) atoms. The molecule has 1 N–H and O–H groups in total. The monoisotopic (exact) mass is 397 g/mol. The zero-order valence-electron chi connectivity index (χ0n) is 17.1. The van der Waals surface area contributed by atoms with E-state index in [9.17, 15) is 0 Å². The number of fused-ring (bicyclic) bond motifs is 3. The number of ether oxygens (including phenoxy) is 3. The summed E-state index contributed by atoms with van der Waals surface area (Å²) in [4.78, 5) is 6.94. The molecule has 0 spiro atoms. The van der Waals surface area contributed by atoms with E-state index in [4.69, 9.17) is 14.2 Å². The number of nitrogens with zero attached hydrogens (tertiary/aromatic N) is 2. The third-order valence-corrected chi connectivity index (χ3v) is 6.31. The van der Waals surface area contributed by atoms with Crippen molar-refractivity contribution in [3.63, 3.8) is 0 Å². The fourth-order valence-corrected chi connectivity index (χ4v) is 4.70. The Morgan fingerprint density at radius 3 is 2.97 bits per heavy atom. The summed E-state index contributed by atoms with van der Waals surface area (Å²) in [5.74, 6) is 0.697. The lowest BCUT2D eigenvalue weighted by Crippen LogP contribution is -2.35. The van der Waals surface area contributed by atoms with E-state index in [1.165, 1.54) is 54.6 Å². The molecule has 6 nitrogen and oxygen atoms in total. The maximum atomic E-state index is 5.94. The van der Waals surface area contributed by atoms with Crippen LogP contribution in [0.2, 0.25) is 0 Å². The first kappa shape index (κ1) is 18.9. The van der Waals surface area contributed by atoms with Gasteiger partial charge in [-0.1, -0.05) is 25.3 Å². The molecular weight excluding hydrogens is 366 g/mol. The molecule has 0 bridgehead atoms. The minimum Gasteiger partial charge on any atom is -0.475 e. The normalized spacial score (nSPS) is 24.8. The van der Waals surface area contributed by atoms with Gasteiger partial charge in [-0.05, 0) is 37.0 Å². The number of hydrogen-bond acceptors (Lipinski definition) is 6.